The molecule has 0 radical (unpaired) electrons. The molecule has 2 atom stereocenters. The van der Waals surface area contributed by atoms with Crippen molar-refractivity contribution in [2.45, 2.75) is 57.3 Å². The first-order chi connectivity index (χ1) is 15.3. The number of amides is 1. The van der Waals surface area contributed by atoms with Gasteiger partial charge in [-0.3, -0.25) is 4.79 Å². The van der Waals surface area contributed by atoms with E-state index < -0.39 is 10.0 Å². The number of nitrogens with zero attached hydrogens (tertiary/aromatic N) is 2. The van der Waals surface area contributed by atoms with Crippen molar-refractivity contribution < 1.29 is 22.7 Å². The topological polar surface area (TPSA) is 97.8 Å². The van der Waals surface area contributed by atoms with Gasteiger partial charge in [0.25, 0.3) is 5.91 Å². The number of sulfonamides is 1. The van der Waals surface area contributed by atoms with Crippen LogP contribution >= 0.6 is 0 Å². The maximum absolute atomic E-state index is 13.0. The van der Waals surface area contributed by atoms with E-state index in [0.717, 1.165) is 18.4 Å². The smallest absolute Gasteiger partial charge is 0.251 e. The lowest BCUT2D eigenvalue weighted by Crippen LogP contribution is -2.48. The zero-order valence-electron chi connectivity index (χ0n) is 18.8. The van der Waals surface area contributed by atoms with Crippen molar-refractivity contribution in [3.63, 3.8) is 0 Å². The molecular weight excluding hydrogens is 430 g/mol. The van der Waals surface area contributed by atoms with Crippen LogP contribution in [0.2, 0.25) is 0 Å². The van der Waals surface area contributed by atoms with Crippen LogP contribution in [0.4, 0.5) is 0 Å². The molecule has 1 aliphatic heterocycles. The summed E-state index contributed by atoms with van der Waals surface area (Å²) < 4.78 is 38.7. The first-order valence-electron chi connectivity index (χ1n) is 10.9. The molecule has 0 bridgehead atoms. The highest BCUT2D eigenvalue weighted by atomic mass is 32.2. The Hall–Kier alpha value is -2.49. The summed E-state index contributed by atoms with van der Waals surface area (Å²) in [6.45, 7) is 7.25. The Morgan fingerprint density at radius 3 is 2.53 bits per heavy atom. The average molecular weight is 462 g/mol. The molecule has 2 unspecified atom stereocenters. The van der Waals surface area contributed by atoms with Gasteiger partial charge in [0.05, 0.1) is 23.7 Å². The monoisotopic (exact) mass is 461 g/mol. The second-order valence-corrected chi connectivity index (χ2v) is 9.89. The number of benzene rings is 1. The fraction of sp³-hybridized carbons (Fsp3) is 0.478. The van der Waals surface area contributed by atoms with Crippen LogP contribution in [-0.2, 0) is 21.3 Å². The number of hydrogen-bond acceptors (Lipinski definition) is 6. The predicted octanol–water partition coefficient (Wildman–Crippen LogP) is 2.99. The fourth-order valence-electron chi connectivity index (χ4n) is 3.53. The summed E-state index contributed by atoms with van der Waals surface area (Å²) in [6.07, 6.45) is 3.28. The third-order valence-electron chi connectivity index (χ3n) is 5.17. The number of carbonyl (C=O) groups excluding carboxylic acids is 1. The summed E-state index contributed by atoms with van der Waals surface area (Å²) in [5.41, 5.74) is 1.16. The van der Waals surface area contributed by atoms with E-state index >= 15 is 0 Å². The van der Waals surface area contributed by atoms with Gasteiger partial charge in [0.1, 0.15) is 0 Å². The summed E-state index contributed by atoms with van der Waals surface area (Å²) in [5.74, 6) is 0.211. The zero-order chi connectivity index (χ0) is 23.1. The van der Waals surface area contributed by atoms with Gasteiger partial charge in [-0.15, -0.1) is 0 Å². The highest BCUT2D eigenvalue weighted by Crippen LogP contribution is 2.22. The molecule has 8 nitrogen and oxygen atoms in total. The molecule has 32 heavy (non-hydrogen) atoms. The van der Waals surface area contributed by atoms with E-state index in [2.05, 4.69) is 17.2 Å². The molecule has 1 aliphatic rings. The highest BCUT2D eigenvalue weighted by molar-refractivity contribution is 7.89. The Balaban J connectivity index is 1.63. The SMILES string of the molecule is CCCCOc1ncccc1CNC(=O)c1ccc(S(=O)(=O)N2CC(C)OC(C)C2)cc1. The number of morpholine rings is 1. The minimum atomic E-state index is -3.65. The van der Waals surface area contributed by atoms with E-state index in [-0.39, 0.29) is 29.6 Å². The molecular formula is C23H31N3O5S. The largest absolute Gasteiger partial charge is 0.477 e. The van der Waals surface area contributed by atoms with Crippen LogP contribution in [0.15, 0.2) is 47.5 Å². The van der Waals surface area contributed by atoms with E-state index in [4.69, 9.17) is 9.47 Å². The van der Waals surface area contributed by atoms with Gasteiger partial charge in [-0.2, -0.15) is 4.31 Å². The maximum Gasteiger partial charge on any atom is 0.251 e. The molecule has 0 spiro atoms. The van der Waals surface area contributed by atoms with Crippen molar-refractivity contribution in [1.29, 1.82) is 0 Å². The van der Waals surface area contributed by atoms with E-state index in [1.165, 1.54) is 28.6 Å². The van der Waals surface area contributed by atoms with Crippen LogP contribution < -0.4 is 10.1 Å². The molecule has 174 valence electrons. The molecule has 0 saturated carbocycles. The van der Waals surface area contributed by atoms with Gasteiger partial charge >= 0.3 is 0 Å². The molecule has 2 heterocycles. The predicted molar refractivity (Wildman–Crippen MR) is 121 cm³/mol. The van der Waals surface area contributed by atoms with E-state index in [9.17, 15) is 13.2 Å². The highest BCUT2D eigenvalue weighted by Gasteiger charge is 2.32. The average Bonchev–Trinajstić information content (AvgIpc) is 2.78. The summed E-state index contributed by atoms with van der Waals surface area (Å²) in [5, 5.41) is 2.84. The van der Waals surface area contributed by atoms with Crippen LogP contribution in [-0.4, -0.2) is 55.5 Å². The number of aromatic nitrogens is 1. The van der Waals surface area contributed by atoms with E-state index in [1.54, 1.807) is 12.3 Å². The van der Waals surface area contributed by atoms with Crippen molar-refractivity contribution in [2.24, 2.45) is 0 Å². The molecule has 0 aliphatic carbocycles. The van der Waals surface area contributed by atoms with Crippen molar-refractivity contribution in [1.82, 2.24) is 14.6 Å². The van der Waals surface area contributed by atoms with Crippen LogP contribution in [0.1, 0.15) is 49.5 Å². The molecule has 1 aromatic heterocycles. The Morgan fingerprint density at radius 1 is 1.19 bits per heavy atom. The van der Waals surface area contributed by atoms with Crippen molar-refractivity contribution in [3.8, 4) is 5.88 Å². The molecule has 9 heteroatoms. The van der Waals surface area contributed by atoms with E-state index in [0.29, 0.717) is 31.1 Å². The molecule has 1 aromatic carbocycles. The van der Waals surface area contributed by atoms with Gasteiger partial charge < -0.3 is 14.8 Å². The minimum absolute atomic E-state index is 0.161. The first kappa shape index (κ1) is 24.2. The normalized spacial score (nSPS) is 19.5. The van der Waals surface area contributed by atoms with Crippen molar-refractivity contribution >= 4 is 15.9 Å². The summed E-state index contributed by atoms with van der Waals surface area (Å²) >= 11 is 0. The van der Waals surface area contributed by atoms with Gasteiger partial charge in [0.15, 0.2) is 0 Å². The second-order valence-electron chi connectivity index (χ2n) is 7.96. The number of pyridine rings is 1. The van der Waals surface area contributed by atoms with Gasteiger partial charge in [-0.1, -0.05) is 19.4 Å². The lowest BCUT2D eigenvalue weighted by atomic mass is 10.2. The third kappa shape index (κ3) is 6.05. The Bertz CT molecular complexity index is 1000. The van der Waals surface area contributed by atoms with Gasteiger partial charge in [-0.05, 0) is 50.6 Å². The minimum Gasteiger partial charge on any atom is -0.477 e. The molecule has 2 aromatic rings. The first-order valence-corrected chi connectivity index (χ1v) is 12.4. The second kappa shape index (κ2) is 10.9. The lowest BCUT2D eigenvalue weighted by Gasteiger charge is -2.34. The van der Waals surface area contributed by atoms with Crippen molar-refractivity contribution in [3.05, 3.63) is 53.7 Å². The molecule has 1 fully saturated rings. The maximum atomic E-state index is 13.0. The number of rotatable bonds is 9. The molecule has 1 N–H and O–H groups in total. The fourth-order valence-corrected chi connectivity index (χ4v) is 5.12. The van der Waals surface area contributed by atoms with E-state index in [1.807, 2.05) is 19.9 Å². The number of hydrogen-bond donors (Lipinski definition) is 1. The van der Waals surface area contributed by atoms with Crippen LogP contribution in [0.3, 0.4) is 0 Å². The van der Waals surface area contributed by atoms with Gasteiger partial charge in [0.2, 0.25) is 15.9 Å². The quantitative estimate of drug-likeness (QED) is 0.577. The number of carbonyl (C=O) groups is 1. The molecule has 3 rings (SSSR count). The van der Waals surface area contributed by atoms with Crippen LogP contribution in [0, 0.1) is 0 Å². The standard InChI is InChI=1S/C23H31N3O5S/c1-4-5-13-30-23-20(7-6-12-24-23)14-25-22(27)19-8-10-21(11-9-19)32(28,29)26-15-17(2)31-18(3)16-26/h6-12,17-18H,4-5,13-16H2,1-3H3,(H,25,27). The van der Waals surface area contributed by atoms with Crippen molar-refractivity contribution in [2.75, 3.05) is 19.7 Å². The van der Waals surface area contributed by atoms with Crippen LogP contribution in [0.5, 0.6) is 5.88 Å². The third-order valence-corrected chi connectivity index (χ3v) is 7.01. The number of nitrogens with one attached hydrogen (secondary N) is 1. The zero-order valence-corrected chi connectivity index (χ0v) is 19.6. The summed E-state index contributed by atoms with van der Waals surface area (Å²) in [7, 11) is -3.65. The summed E-state index contributed by atoms with van der Waals surface area (Å²) in [6, 6.07) is 9.64. The van der Waals surface area contributed by atoms with Crippen LogP contribution in [0.25, 0.3) is 0 Å². The Labute approximate surface area is 190 Å². The number of ether oxygens (including phenoxy) is 2. The number of unbranched alkanes of at least 4 members (excludes halogenated alkanes) is 1. The molecule has 1 amide bonds. The summed E-state index contributed by atoms with van der Waals surface area (Å²) in [4.78, 5) is 17.0. The Kier molecular flexibility index (Phi) is 8.22. The Morgan fingerprint density at radius 2 is 1.88 bits per heavy atom. The lowest BCUT2D eigenvalue weighted by molar-refractivity contribution is -0.0440. The molecule has 1 saturated heterocycles. The van der Waals surface area contributed by atoms with Gasteiger partial charge in [-0.25, -0.2) is 13.4 Å². The van der Waals surface area contributed by atoms with Gasteiger partial charge in [0, 0.05) is 37.0 Å².